The highest BCUT2D eigenvalue weighted by Crippen LogP contribution is 2.13. The monoisotopic (exact) mass is 163 g/mol. The summed E-state index contributed by atoms with van der Waals surface area (Å²) in [5, 5.41) is 0. The van der Waals surface area contributed by atoms with Crippen LogP contribution in [-0.4, -0.2) is 5.78 Å². The van der Waals surface area contributed by atoms with Crippen LogP contribution in [0.25, 0.3) is 0 Å². The van der Waals surface area contributed by atoms with E-state index in [0.29, 0.717) is 12.1 Å². The second-order valence-electron chi connectivity index (χ2n) is 2.85. The number of rotatable bonds is 2. The first-order valence-electron chi connectivity index (χ1n) is 4.04. The third-order valence-corrected chi connectivity index (χ3v) is 1.87. The van der Waals surface area contributed by atoms with Crippen molar-refractivity contribution in [2.24, 2.45) is 0 Å². The number of hydrogen-bond acceptors (Lipinski definition) is 2. The van der Waals surface area contributed by atoms with Gasteiger partial charge >= 0.3 is 0 Å². The fourth-order valence-electron chi connectivity index (χ4n) is 1.19. The Labute approximate surface area is 72.4 Å². The van der Waals surface area contributed by atoms with E-state index in [9.17, 15) is 4.79 Å². The van der Waals surface area contributed by atoms with Crippen LogP contribution in [0.2, 0.25) is 0 Å². The average molecular weight is 163 g/mol. The van der Waals surface area contributed by atoms with Crippen LogP contribution in [0.15, 0.2) is 18.2 Å². The molecule has 0 bridgehead atoms. The van der Waals surface area contributed by atoms with Crippen molar-refractivity contribution in [3.63, 3.8) is 0 Å². The van der Waals surface area contributed by atoms with E-state index in [1.807, 2.05) is 19.9 Å². The minimum atomic E-state index is 0.174. The zero-order valence-electron chi connectivity index (χ0n) is 7.42. The normalized spacial score (nSPS) is 9.83. The van der Waals surface area contributed by atoms with Crippen LogP contribution in [0.4, 0.5) is 5.69 Å². The third kappa shape index (κ3) is 1.64. The van der Waals surface area contributed by atoms with Gasteiger partial charge in [0.15, 0.2) is 5.78 Å². The van der Waals surface area contributed by atoms with Gasteiger partial charge in [0.2, 0.25) is 0 Å². The Morgan fingerprint density at radius 3 is 2.67 bits per heavy atom. The van der Waals surface area contributed by atoms with Crippen LogP contribution in [0.1, 0.15) is 29.3 Å². The summed E-state index contributed by atoms with van der Waals surface area (Å²) in [4.78, 5) is 11.3. The largest absolute Gasteiger partial charge is 0.399 e. The second kappa shape index (κ2) is 3.39. The van der Waals surface area contributed by atoms with E-state index < -0.39 is 0 Å². The molecule has 0 fully saturated rings. The smallest absolute Gasteiger partial charge is 0.162 e. The Balaban J connectivity index is 3.09. The standard InChI is InChI=1S/C10H13NO/c1-3-10(12)9-5-4-8(11)6-7(9)2/h4-6H,3,11H2,1-2H3. The van der Waals surface area contributed by atoms with Crippen molar-refractivity contribution in [3.05, 3.63) is 29.3 Å². The third-order valence-electron chi connectivity index (χ3n) is 1.87. The van der Waals surface area contributed by atoms with Gasteiger partial charge in [-0.3, -0.25) is 4.79 Å². The fraction of sp³-hybridized carbons (Fsp3) is 0.300. The van der Waals surface area contributed by atoms with E-state index in [-0.39, 0.29) is 5.78 Å². The number of nitrogens with two attached hydrogens (primary N) is 1. The first kappa shape index (κ1) is 8.78. The lowest BCUT2D eigenvalue weighted by Crippen LogP contribution is -2.00. The predicted molar refractivity (Wildman–Crippen MR) is 50.2 cm³/mol. The van der Waals surface area contributed by atoms with Crippen molar-refractivity contribution in [3.8, 4) is 0 Å². The highest BCUT2D eigenvalue weighted by Gasteiger charge is 2.05. The van der Waals surface area contributed by atoms with Crippen LogP contribution >= 0.6 is 0 Å². The quantitative estimate of drug-likeness (QED) is 0.536. The molecule has 2 nitrogen and oxygen atoms in total. The average Bonchev–Trinajstić information content (AvgIpc) is 2.03. The lowest BCUT2D eigenvalue weighted by Gasteiger charge is -2.03. The van der Waals surface area contributed by atoms with Crippen molar-refractivity contribution in [2.75, 3.05) is 5.73 Å². The molecule has 1 rings (SSSR count). The van der Waals surface area contributed by atoms with Gasteiger partial charge in [0.05, 0.1) is 0 Å². The molecule has 0 amide bonds. The first-order chi connectivity index (χ1) is 5.65. The molecule has 0 unspecified atom stereocenters. The molecular weight excluding hydrogens is 150 g/mol. The van der Waals surface area contributed by atoms with Gasteiger partial charge in [-0.05, 0) is 30.7 Å². The van der Waals surface area contributed by atoms with Crippen molar-refractivity contribution < 1.29 is 4.79 Å². The summed E-state index contributed by atoms with van der Waals surface area (Å²) >= 11 is 0. The van der Waals surface area contributed by atoms with Gasteiger partial charge in [-0.25, -0.2) is 0 Å². The predicted octanol–water partition coefficient (Wildman–Crippen LogP) is 2.17. The van der Waals surface area contributed by atoms with Crippen molar-refractivity contribution in [1.29, 1.82) is 0 Å². The van der Waals surface area contributed by atoms with Gasteiger partial charge in [0.25, 0.3) is 0 Å². The minimum absolute atomic E-state index is 0.174. The molecule has 0 aliphatic carbocycles. The molecular formula is C10H13NO. The van der Waals surface area contributed by atoms with Crippen LogP contribution < -0.4 is 5.73 Å². The summed E-state index contributed by atoms with van der Waals surface area (Å²) in [5.41, 5.74) is 8.01. The molecule has 2 heteroatoms. The number of nitrogen functional groups attached to an aromatic ring is 1. The molecule has 0 heterocycles. The Hall–Kier alpha value is -1.31. The first-order valence-corrected chi connectivity index (χ1v) is 4.04. The zero-order chi connectivity index (χ0) is 9.14. The van der Waals surface area contributed by atoms with E-state index in [4.69, 9.17) is 5.73 Å². The highest BCUT2D eigenvalue weighted by molar-refractivity contribution is 5.97. The van der Waals surface area contributed by atoms with Gasteiger partial charge in [-0.15, -0.1) is 0 Å². The summed E-state index contributed by atoms with van der Waals surface area (Å²) in [6.45, 7) is 3.76. The van der Waals surface area contributed by atoms with Gasteiger partial charge in [-0.1, -0.05) is 6.92 Å². The topological polar surface area (TPSA) is 43.1 Å². The maximum absolute atomic E-state index is 11.3. The lowest BCUT2D eigenvalue weighted by atomic mass is 10.0. The molecule has 0 saturated heterocycles. The zero-order valence-corrected chi connectivity index (χ0v) is 7.42. The van der Waals surface area contributed by atoms with Crippen molar-refractivity contribution in [1.82, 2.24) is 0 Å². The number of Topliss-reactive ketones (excluding diaryl/α,β-unsaturated/α-hetero) is 1. The van der Waals surface area contributed by atoms with E-state index in [1.165, 1.54) is 0 Å². The number of ketones is 1. The van der Waals surface area contributed by atoms with E-state index in [1.54, 1.807) is 12.1 Å². The molecule has 0 aliphatic heterocycles. The summed E-state index contributed by atoms with van der Waals surface area (Å²) < 4.78 is 0. The summed E-state index contributed by atoms with van der Waals surface area (Å²) in [7, 11) is 0. The molecule has 64 valence electrons. The molecule has 12 heavy (non-hydrogen) atoms. The number of carbonyl (C=O) groups is 1. The minimum Gasteiger partial charge on any atom is -0.399 e. The van der Waals surface area contributed by atoms with Gasteiger partial charge in [-0.2, -0.15) is 0 Å². The van der Waals surface area contributed by atoms with Crippen LogP contribution in [0.3, 0.4) is 0 Å². The molecule has 0 aromatic heterocycles. The number of hydrogen-bond donors (Lipinski definition) is 1. The molecule has 2 N–H and O–H groups in total. The van der Waals surface area contributed by atoms with Crippen molar-refractivity contribution in [2.45, 2.75) is 20.3 Å². The molecule has 0 radical (unpaired) electrons. The van der Waals surface area contributed by atoms with Gasteiger partial charge in [0, 0.05) is 17.7 Å². The Bertz CT molecular complexity index is 305. The molecule has 0 atom stereocenters. The summed E-state index contributed by atoms with van der Waals surface area (Å²) in [5.74, 6) is 0.174. The number of anilines is 1. The van der Waals surface area contributed by atoms with Crippen LogP contribution in [-0.2, 0) is 0 Å². The Morgan fingerprint density at radius 2 is 2.17 bits per heavy atom. The summed E-state index contributed by atoms with van der Waals surface area (Å²) in [6, 6.07) is 5.37. The molecule has 0 saturated carbocycles. The maximum atomic E-state index is 11.3. The van der Waals surface area contributed by atoms with Crippen molar-refractivity contribution >= 4 is 11.5 Å². The maximum Gasteiger partial charge on any atom is 0.162 e. The van der Waals surface area contributed by atoms with Gasteiger partial charge < -0.3 is 5.73 Å². The molecule has 0 aliphatic rings. The molecule has 1 aromatic rings. The lowest BCUT2D eigenvalue weighted by molar-refractivity contribution is 0.0987. The Morgan fingerprint density at radius 1 is 1.50 bits per heavy atom. The highest BCUT2D eigenvalue weighted by atomic mass is 16.1. The molecule has 0 spiro atoms. The van der Waals surface area contributed by atoms with E-state index in [2.05, 4.69) is 0 Å². The Kier molecular flexibility index (Phi) is 2.48. The van der Waals surface area contributed by atoms with Gasteiger partial charge in [0.1, 0.15) is 0 Å². The number of benzene rings is 1. The number of aryl methyl sites for hydroxylation is 1. The SMILES string of the molecule is CCC(=O)c1ccc(N)cc1C. The van der Waals surface area contributed by atoms with E-state index >= 15 is 0 Å². The fourth-order valence-corrected chi connectivity index (χ4v) is 1.19. The summed E-state index contributed by atoms with van der Waals surface area (Å²) in [6.07, 6.45) is 0.546. The molecule has 1 aromatic carbocycles. The van der Waals surface area contributed by atoms with Crippen LogP contribution in [0, 0.1) is 6.92 Å². The van der Waals surface area contributed by atoms with Crippen LogP contribution in [0.5, 0.6) is 0 Å². The second-order valence-corrected chi connectivity index (χ2v) is 2.85. The number of carbonyl (C=O) groups excluding carboxylic acids is 1. The van der Waals surface area contributed by atoms with E-state index in [0.717, 1.165) is 11.1 Å².